The summed E-state index contributed by atoms with van der Waals surface area (Å²) in [6.45, 7) is 0.651. The van der Waals surface area contributed by atoms with E-state index in [2.05, 4.69) is 20.6 Å². The fourth-order valence-corrected chi connectivity index (χ4v) is 3.32. The Labute approximate surface area is 176 Å². The first-order chi connectivity index (χ1) is 14.7. The summed E-state index contributed by atoms with van der Waals surface area (Å²) >= 11 is 1.57. The molecule has 0 aliphatic heterocycles. The summed E-state index contributed by atoms with van der Waals surface area (Å²) in [5, 5.41) is 17.5. The predicted molar refractivity (Wildman–Crippen MR) is 115 cm³/mol. The minimum absolute atomic E-state index is 0.170. The van der Waals surface area contributed by atoms with Crippen LogP contribution in [0.2, 0.25) is 0 Å². The fraction of sp³-hybridized carbons (Fsp3) is 0.143. The van der Waals surface area contributed by atoms with E-state index < -0.39 is 0 Å². The van der Waals surface area contributed by atoms with Crippen molar-refractivity contribution in [2.24, 2.45) is 0 Å². The molecule has 0 spiro atoms. The molecule has 30 heavy (non-hydrogen) atoms. The van der Waals surface area contributed by atoms with E-state index >= 15 is 0 Å². The van der Waals surface area contributed by atoms with Gasteiger partial charge in [0.15, 0.2) is 11.5 Å². The Hall–Kier alpha value is -3.72. The van der Waals surface area contributed by atoms with Crippen LogP contribution in [0.5, 0.6) is 11.6 Å². The third-order valence-electron chi connectivity index (χ3n) is 4.18. The largest absolute Gasteiger partial charge is 0.497 e. The standard InChI is InChI=1S/C21H19N5O3S/c1-28-16-6-4-15(5-7-16)21-24-23-18-9-11-20(25-26(18)21)29-13-12-22-19(27)10-8-17-3-2-14-30-17/h2-11,14H,12-13H2,1H3,(H,22,27)/b10-8+. The van der Waals surface area contributed by atoms with E-state index in [1.165, 1.54) is 6.08 Å². The Bertz CT molecular complexity index is 1150. The average molecular weight is 421 g/mol. The minimum atomic E-state index is -0.170. The van der Waals surface area contributed by atoms with Crippen LogP contribution in [0.25, 0.3) is 23.1 Å². The van der Waals surface area contributed by atoms with Crippen molar-refractivity contribution in [1.82, 2.24) is 25.1 Å². The number of aromatic nitrogens is 4. The SMILES string of the molecule is COc1ccc(-c2nnc3ccc(OCCNC(=O)/C=C/c4cccs4)nn23)cc1. The zero-order valence-electron chi connectivity index (χ0n) is 16.2. The average Bonchev–Trinajstić information content (AvgIpc) is 3.45. The number of amides is 1. The number of carbonyl (C=O) groups excluding carboxylic acids is 1. The van der Waals surface area contributed by atoms with Crippen molar-refractivity contribution >= 4 is 29.0 Å². The van der Waals surface area contributed by atoms with Crippen LogP contribution in [0.3, 0.4) is 0 Å². The first-order valence-electron chi connectivity index (χ1n) is 9.22. The number of hydrogen-bond donors (Lipinski definition) is 1. The maximum absolute atomic E-state index is 11.8. The van der Waals surface area contributed by atoms with Crippen molar-refractivity contribution in [2.45, 2.75) is 0 Å². The molecule has 1 N–H and O–H groups in total. The summed E-state index contributed by atoms with van der Waals surface area (Å²) in [5.41, 5.74) is 1.47. The van der Waals surface area contributed by atoms with E-state index in [4.69, 9.17) is 9.47 Å². The van der Waals surface area contributed by atoms with Gasteiger partial charge in [-0.15, -0.1) is 26.6 Å². The second kappa shape index (κ2) is 9.19. The number of ether oxygens (including phenoxy) is 2. The highest BCUT2D eigenvalue weighted by atomic mass is 32.1. The highest BCUT2D eigenvalue weighted by Crippen LogP contribution is 2.21. The lowest BCUT2D eigenvalue weighted by atomic mass is 10.2. The molecule has 0 unspecified atom stereocenters. The number of nitrogens with one attached hydrogen (secondary N) is 1. The number of benzene rings is 1. The van der Waals surface area contributed by atoms with Gasteiger partial charge in [0.05, 0.1) is 13.7 Å². The van der Waals surface area contributed by atoms with Crippen molar-refractivity contribution in [3.05, 3.63) is 64.9 Å². The molecule has 0 bridgehead atoms. The molecule has 0 radical (unpaired) electrons. The third-order valence-corrected chi connectivity index (χ3v) is 5.02. The van der Waals surface area contributed by atoms with Crippen molar-refractivity contribution < 1.29 is 14.3 Å². The number of methoxy groups -OCH3 is 1. The van der Waals surface area contributed by atoms with Gasteiger partial charge in [-0.2, -0.15) is 4.52 Å². The van der Waals surface area contributed by atoms with E-state index in [1.807, 2.05) is 41.8 Å². The summed E-state index contributed by atoms with van der Waals surface area (Å²) in [6, 6.07) is 14.9. The van der Waals surface area contributed by atoms with Crippen LogP contribution in [0.15, 0.2) is 60.0 Å². The molecule has 0 saturated heterocycles. The molecular formula is C21H19N5O3S. The van der Waals surface area contributed by atoms with Crippen LogP contribution >= 0.6 is 11.3 Å². The van der Waals surface area contributed by atoms with Crippen molar-refractivity contribution in [3.8, 4) is 23.0 Å². The molecule has 3 aromatic heterocycles. The lowest BCUT2D eigenvalue weighted by Crippen LogP contribution is -2.26. The normalized spacial score (nSPS) is 11.1. The third kappa shape index (κ3) is 4.64. The molecule has 3 heterocycles. The number of thiophene rings is 1. The van der Waals surface area contributed by atoms with Crippen LogP contribution in [-0.4, -0.2) is 46.0 Å². The van der Waals surface area contributed by atoms with Crippen LogP contribution in [0.1, 0.15) is 4.88 Å². The van der Waals surface area contributed by atoms with Crippen molar-refractivity contribution in [3.63, 3.8) is 0 Å². The smallest absolute Gasteiger partial charge is 0.244 e. The fourth-order valence-electron chi connectivity index (χ4n) is 2.70. The van der Waals surface area contributed by atoms with Gasteiger partial charge >= 0.3 is 0 Å². The lowest BCUT2D eigenvalue weighted by molar-refractivity contribution is -0.116. The molecule has 9 heteroatoms. The summed E-state index contributed by atoms with van der Waals surface area (Å²) in [5.74, 6) is 1.61. The van der Waals surface area contributed by atoms with Gasteiger partial charge in [-0.1, -0.05) is 6.07 Å². The molecule has 4 aromatic rings. The van der Waals surface area contributed by atoms with Crippen molar-refractivity contribution in [2.75, 3.05) is 20.3 Å². The predicted octanol–water partition coefficient (Wildman–Crippen LogP) is 3.07. The van der Waals surface area contributed by atoms with Gasteiger partial charge < -0.3 is 14.8 Å². The molecule has 1 amide bonds. The van der Waals surface area contributed by atoms with Crippen molar-refractivity contribution in [1.29, 1.82) is 0 Å². The first-order valence-corrected chi connectivity index (χ1v) is 10.1. The second-order valence-electron chi connectivity index (χ2n) is 6.18. The number of carbonyl (C=O) groups is 1. The summed E-state index contributed by atoms with van der Waals surface area (Å²) in [4.78, 5) is 12.9. The van der Waals surface area contributed by atoms with E-state index in [-0.39, 0.29) is 12.5 Å². The highest BCUT2D eigenvalue weighted by molar-refractivity contribution is 7.10. The lowest BCUT2D eigenvalue weighted by Gasteiger charge is -2.07. The van der Waals surface area contributed by atoms with Gasteiger partial charge in [-0.25, -0.2) is 0 Å². The highest BCUT2D eigenvalue weighted by Gasteiger charge is 2.10. The first kappa shape index (κ1) is 19.6. The number of hydrogen-bond acceptors (Lipinski definition) is 7. The zero-order chi connectivity index (χ0) is 20.8. The molecule has 0 aliphatic rings. The van der Waals surface area contributed by atoms with Crippen LogP contribution in [0.4, 0.5) is 0 Å². The molecular weight excluding hydrogens is 402 g/mol. The van der Waals surface area contributed by atoms with E-state index in [0.29, 0.717) is 23.9 Å². The van der Waals surface area contributed by atoms with Crippen LogP contribution in [-0.2, 0) is 4.79 Å². The summed E-state index contributed by atoms with van der Waals surface area (Å²) < 4.78 is 12.5. The van der Waals surface area contributed by atoms with Gasteiger partial charge in [0.2, 0.25) is 11.8 Å². The Morgan fingerprint density at radius 1 is 1.17 bits per heavy atom. The topological polar surface area (TPSA) is 90.6 Å². The van der Waals surface area contributed by atoms with Gasteiger partial charge in [-0.3, -0.25) is 4.79 Å². The molecule has 0 fully saturated rings. The number of rotatable bonds is 8. The molecule has 0 saturated carbocycles. The molecule has 1 aromatic carbocycles. The van der Waals surface area contributed by atoms with Gasteiger partial charge in [0.1, 0.15) is 12.4 Å². The Kier molecular flexibility index (Phi) is 6.00. The Morgan fingerprint density at radius 3 is 2.80 bits per heavy atom. The quantitative estimate of drug-likeness (QED) is 0.347. The molecule has 0 aliphatic carbocycles. The minimum Gasteiger partial charge on any atom is -0.497 e. The van der Waals surface area contributed by atoms with Crippen LogP contribution in [0, 0.1) is 0 Å². The van der Waals surface area contributed by atoms with Crippen LogP contribution < -0.4 is 14.8 Å². The van der Waals surface area contributed by atoms with E-state index in [9.17, 15) is 4.79 Å². The molecule has 152 valence electrons. The van der Waals surface area contributed by atoms with Gasteiger partial charge in [0, 0.05) is 22.6 Å². The zero-order valence-corrected chi connectivity index (χ0v) is 17.0. The van der Waals surface area contributed by atoms with Gasteiger partial charge in [-0.05, 0) is 47.9 Å². The second-order valence-corrected chi connectivity index (χ2v) is 7.16. The Balaban J connectivity index is 1.36. The number of nitrogens with zero attached hydrogens (tertiary/aromatic N) is 4. The number of fused-ring (bicyclic) bond motifs is 1. The molecule has 0 atom stereocenters. The van der Waals surface area contributed by atoms with E-state index in [0.717, 1.165) is 16.2 Å². The molecule has 4 rings (SSSR count). The van der Waals surface area contributed by atoms with E-state index in [1.54, 1.807) is 41.2 Å². The maximum atomic E-state index is 11.8. The summed E-state index contributed by atoms with van der Waals surface area (Å²) in [6.07, 6.45) is 3.29. The van der Waals surface area contributed by atoms with Gasteiger partial charge in [0.25, 0.3) is 0 Å². The molecule has 8 nitrogen and oxygen atoms in total. The monoisotopic (exact) mass is 421 g/mol. The Morgan fingerprint density at radius 2 is 2.03 bits per heavy atom. The maximum Gasteiger partial charge on any atom is 0.244 e. The summed E-state index contributed by atoms with van der Waals surface area (Å²) in [7, 11) is 1.62.